The monoisotopic (exact) mass is 413 g/mol. The number of piperidine rings is 1. The zero-order valence-corrected chi connectivity index (χ0v) is 17.2. The van der Waals surface area contributed by atoms with E-state index in [1.807, 2.05) is 18.7 Å². The summed E-state index contributed by atoms with van der Waals surface area (Å²) in [5.74, 6) is 0.936. The Morgan fingerprint density at radius 1 is 1.45 bits per heavy atom. The van der Waals surface area contributed by atoms with Crippen molar-refractivity contribution in [2.75, 3.05) is 18.8 Å². The quantitative estimate of drug-likeness (QED) is 0.834. The van der Waals surface area contributed by atoms with Crippen molar-refractivity contribution in [3.8, 4) is 0 Å². The predicted molar refractivity (Wildman–Crippen MR) is 114 cm³/mol. The number of aromatic amines is 1. The molecule has 0 spiro atoms. The second kappa shape index (κ2) is 8.14. The van der Waals surface area contributed by atoms with Crippen molar-refractivity contribution < 1.29 is 9.18 Å². The number of hydrogen-bond donors (Lipinski definition) is 1. The molecule has 2 saturated heterocycles. The van der Waals surface area contributed by atoms with Crippen LogP contribution in [-0.2, 0) is 6.42 Å². The Kier molecular flexibility index (Phi) is 5.58. The lowest BCUT2D eigenvalue weighted by molar-refractivity contribution is 0.0678. The van der Waals surface area contributed by atoms with E-state index in [1.54, 1.807) is 17.0 Å². The summed E-state index contributed by atoms with van der Waals surface area (Å²) in [5.41, 5.74) is 2.49. The largest absolute Gasteiger partial charge is 0.338 e. The minimum Gasteiger partial charge on any atom is -0.338 e. The third kappa shape index (κ3) is 3.88. The van der Waals surface area contributed by atoms with Gasteiger partial charge in [0.15, 0.2) is 0 Å². The van der Waals surface area contributed by atoms with Crippen LogP contribution in [0.15, 0.2) is 29.6 Å². The minimum atomic E-state index is -0.500. The molecule has 0 radical (unpaired) electrons. The van der Waals surface area contributed by atoms with E-state index in [0.717, 1.165) is 29.7 Å². The van der Waals surface area contributed by atoms with Gasteiger partial charge in [0.25, 0.3) is 11.5 Å². The maximum atomic E-state index is 14.5. The molecule has 0 aliphatic carbocycles. The number of nitrogens with zero attached hydrogens (tertiary/aromatic N) is 2. The van der Waals surface area contributed by atoms with E-state index in [4.69, 9.17) is 0 Å². The van der Waals surface area contributed by atoms with Crippen LogP contribution in [0.5, 0.6) is 0 Å². The molecule has 1 amide bonds. The zero-order valence-electron chi connectivity index (χ0n) is 16.4. The Hall–Kier alpha value is -2.41. The second-order valence-electron chi connectivity index (χ2n) is 7.73. The zero-order chi connectivity index (χ0) is 20.5. The molecule has 2 aliphatic rings. The molecule has 5 nitrogen and oxygen atoms in total. The van der Waals surface area contributed by atoms with E-state index < -0.39 is 5.82 Å². The van der Waals surface area contributed by atoms with Gasteiger partial charge in [0.2, 0.25) is 0 Å². The lowest BCUT2D eigenvalue weighted by Gasteiger charge is -2.34. The number of halogens is 1. The lowest BCUT2D eigenvalue weighted by atomic mass is 9.94. The number of nitrogens with one attached hydrogen (secondary N) is 1. The van der Waals surface area contributed by atoms with Crippen LogP contribution in [-0.4, -0.2) is 45.1 Å². The standard InChI is InChI=1S/C22H24FN3O2S/c1-3-16-13(2)19(24-25-21(16)27)11-14-4-5-18(23)17(10-14)22(28)26-8-6-20-15(12-26)7-9-29-20/h3-5,10,15,20H,1,6-9,11-12H2,2H3,(H,25,27). The fourth-order valence-corrected chi connectivity index (χ4v) is 5.79. The van der Waals surface area contributed by atoms with Crippen LogP contribution in [0.25, 0.3) is 6.08 Å². The minimum absolute atomic E-state index is 0.109. The normalized spacial score (nSPS) is 21.1. The summed E-state index contributed by atoms with van der Waals surface area (Å²) in [4.78, 5) is 26.7. The topological polar surface area (TPSA) is 66.1 Å². The SMILES string of the molecule is C=Cc1c(C)c(Cc2ccc(F)c(C(=O)N3CCC4SCCC4C3)c2)n[nH]c1=O. The maximum Gasteiger partial charge on any atom is 0.271 e. The number of hydrogen-bond acceptors (Lipinski definition) is 4. The molecule has 2 aromatic rings. The van der Waals surface area contributed by atoms with Crippen LogP contribution in [0.4, 0.5) is 4.39 Å². The molecule has 1 aromatic heterocycles. The van der Waals surface area contributed by atoms with Gasteiger partial charge in [-0.1, -0.05) is 18.7 Å². The first-order valence-corrected chi connectivity index (χ1v) is 10.9. The molecular weight excluding hydrogens is 389 g/mol. The summed E-state index contributed by atoms with van der Waals surface area (Å²) in [6.45, 7) is 6.88. The van der Waals surface area contributed by atoms with Crippen LogP contribution in [0.3, 0.4) is 0 Å². The molecule has 1 aromatic carbocycles. The third-order valence-corrected chi connectivity index (χ3v) is 7.50. The predicted octanol–water partition coefficient (Wildman–Crippen LogP) is 3.42. The van der Waals surface area contributed by atoms with Crippen molar-refractivity contribution in [3.63, 3.8) is 0 Å². The van der Waals surface area contributed by atoms with Gasteiger partial charge < -0.3 is 4.90 Å². The number of likely N-dealkylation sites (tertiary alicyclic amines) is 1. The summed E-state index contributed by atoms with van der Waals surface area (Å²) in [5, 5.41) is 7.24. The van der Waals surface area contributed by atoms with E-state index in [0.29, 0.717) is 41.9 Å². The van der Waals surface area contributed by atoms with Crippen molar-refractivity contribution in [2.24, 2.45) is 5.92 Å². The van der Waals surface area contributed by atoms with Gasteiger partial charge >= 0.3 is 0 Å². The van der Waals surface area contributed by atoms with Gasteiger partial charge in [0.05, 0.1) is 11.3 Å². The number of aromatic nitrogens is 2. The molecule has 0 bridgehead atoms. The summed E-state index contributed by atoms with van der Waals surface area (Å²) in [6, 6.07) is 4.62. The molecule has 29 heavy (non-hydrogen) atoms. The number of amides is 1. The fraction of sp³-hybridized carbons (Fsp3) is 0.409. The van der Waals surface area contributed by atoms with Crippen molar-refractivity contribution in [3.05, 3.63) is 68.9 Å². The van der Waals surface area contributed by atoms with Crippen molar-refractivity contribution in [1.29, 1.82) is 0 Å². The molecule has 2 unspecified atom stereocenters. The van der Waals surface area contributed by atoms with E-state index in [-0.39, 0.29) is 17.0 Å². The van der Waals surface area contributed by atoms with E-state index in [2.05, 4.69) is 16.8 Å². The van der Waals surface area contributed by atoms with Gasteiger partial charge in [-0.15, -0.1) is 0 Å². The first-order valence-electron chi connectivity index (χ1n) is 9.88. The highest BCUT2D eigenvalue weighted by atomic mass is 32.2. The van der Waals surface area contributed by atoms with Crippen LogP contribution in [0.1, 0.15) is 45.6 Å². The van der Waals surface area contributed by atoms with Gasteiger partial charge in [-0.2, -0.15) is 16.9 Å². The van der Waals surface area contributed by atoms with Crippen LogP contribution >= 0.6 is 11.8 Å². The highest BCUT2D eigenvalue weighted by Crippen LogP contribution is 2.38. The summed E-state index contributed by atoms with van der Waals surface area (Å²) < 4.78 is 14.5. The Morgan fingerprint density at radius 3 is 3.07 bits per heavy atom. The van der Waals surface area contributed by atoms with E-state index in [1.165, 1.54) is 12.1 Å². The average Bonchev–Trinajstić information content (AvgIpc) is 3.19. The fourth-order valence-electron chi connectivity index (χ4n) is 4.28. The molecule has 7 heteroatoms. The number of carbonyl (C=O) groups excluding carboxylic acids is 1. The van der Waals surface area contributed by atoms with Gasteiger partial charge in [0.1, 0.15) is 5.82 Å². The van der Waals surface area contributed by atoms with Gasteiger partial charge in [0, 0.05) is 30.3 Å². The number of benzene rings is 1. The van der Waals surface area contributed by atoms with Gasteiger partial charge in [-0.05, 0) is 54.7 Å². The molecule has 3 heterocycles. The first-order chi connectivity index (χ1) is 14.0. The number of rotatable bonds is 4. The lowest BCUT2D eigenvalue weighted by Crippen LogP contribution is -2.43. The highest BCUT2D eigenvalue weighted by molar-refractivity contribution is 8.00. The number of carbonyl (C=O) groups is 1. The summed E-state index contributed by atoms with van der Waals surface area (Å²) >= 11 is 2.00. The Balaban J connectivity index is 1.57. The number of fused-ring (bicyclic) bond motifs is 1. The number of thioether (sulfide) groups is 1. The molecule has 1 N–H and O–H groups in total. The van der Waals surface area contributed by atoms with Crippen molar-refractivity contribution in [2.45, 2.75) is 31.4 Å². The molecule has 2 fully saturated rings. The van der Waals surface area contributed by atoms with Crippen LogP contribution < -0.4 is 5.56 Å². The van der Waals surface area contributed by atoms with Crippen molar-refractivity contribution >= 4 is 23.7 Å². The molecule has 2 atom stereocenters. The first kappa shape index (κ1) is 19.9. The Bertz CT molecular complexity index is 1020. The average molecular weight is 414 g/mol. The maximum absolute atomic E-state index is 14.5. The third-order valence-electron chi connectivity index (χ3n) is 5.98. The van der Waals surface area contributed by atoms with Crippen molar-refractivity contribution in [1.82, 2.24) is 15.1 Å². The smallest absolute Gasteiger partial charge is 0.271 e. The summed E-state index contributed by atoms with van der Waals surface area (Å²) in [6.07, 6.45) is 4.01. The molecule has 0 saturated carbocycles. The number of H-pyrrole nitrogens is 1. The summed E-state index contributed by atoms with van der Waals surface area (Å²) in [7, 11) is 0. The highest BCUT2D eigenvalue weighted by Gasteiger charge is 2.35. The molecule has 4 rings (SSSR count). The second-order valence-corrected chi connectivity index (χ2v) is 9.08. The molecule has 2 aliphatic heterocycles. The Labute approximate surface area is 173 Å². The van der Waals surface area contributed by atoms with Crippen LogP contribution in [0.2, 0.25) is 0 Å². The Morgan fingerprint density at radius 2 is 2.28 bits per heavy atom. The van der Waals surface area contributed by atoms with E-state index >= 15 is 0 Å². The van der Waals surface area contributed by atoms with Gasteiger partial charge in [-0.3, -0.25) is 9.59 Å². The van der Waals surface area contributed by atoms with E-state index in [9.17, 15) is 14.0 Å². The van der Waals surface area contributed by atoms with Gasteiger partial charge in [-0.25, -0.2) is 9.49 Å². The molecular formula is C22H24FN3O2S. The molecule has 152 valence electrons. The van der Waals surface area contributed by atoms with Crippen LogP contribution in [0, 0.1) is 18.7 Å².